The molecule has 6 N–H and O–H groups in total. The summed E-state index contributed by atoms with van der Waals surface area (Å²) < 4.78 is 85.4. The van der Waals surface area contributed by atoms with Crippen LogP contribution in [0, 0.1) is 34.3 Å². The van der Waals surface area contributed by atoms with Crippen LogP contribution in [0.3, 0.4) is 0 Å². The Hall–Kier alpha value is -7.00. The molecule has 74 heavy (non-hydrogen) atoms. The Morgan fingerprint density at radius 3 is 2.04 bits per heavy atom. The molecule has 2 bridgehead atoms. The molecule has 6 atom stereocenters. The minimum absolute atomic E-state index is 0.00341. The molecule has 2 aromatic carbocycles. The van der Waals surface area contributed by atoms with Gasteiger partial charge in [0.2, 0.25) is 5.91 Å². The average molecular weight is 1040 g/mol. The number of aliphatic hydroxyl groups excluding tert-OH is 1. The number of carboxylic acid groups (broad SMARTS) is 1. The number of likely N-dealkylation sites (tertiary alicyclic amines) is 1. The van der Waals surface area contributed by atoms with Crippen molar-refractivity contribution in [2.75, 3.05) is 44.9 Å². The van der Waals surface area contributed by atoms with E-state index in [-0.39, 0.29) is 17.8 Å². The van der Waals surface area contributed by atoms with Gasteiger partial charge in [-0.25, -0.2) is 38.3 Å². The minimum Gasteiger partial charge on any atom is -0.465 e. The van der Waals surface area contributed by atoms with Crippen LogP contribution in [0.1, 0.15) is 63.3 Å². The molecule has 0 spiro atoms. The number of ether oxygens (including phenoxy) is 2. The molecule has 0 radical (unpaired) electrons. The molecular weight excluding hydrogens is 976 g/mol. The summed E-state index contributed by atoms with van der Waals surface area (Å²) >= 11 is 0. The Morgan fingerprint density at radius 1 is 0.851 bits per heavy atom. The van der Waals surface area contributed by atoms with E-state index >= 15 is 8.78 Å². The maximum absolute atomic E-state index is 15.9. The lowest BCUT2D eigenvalue weighted by molar-refractivity contribution is -0.220. The number of nitrogens with one attached hydrogen (secondary N) is 4. The standard InChI is InChI=1S/C51H59F5N10O8/c1-49(2,3)42(61-47(70)71)46(69)63-64(25-36-37(52)19-32(20-38(36)53)44-57-16-7-17-58-44)26-40(67)39(60-45(68)43(62-48(72)73-6)50(4,5)51(54,55)56)18-30-11-8-29(9-12-30)10-13-31-14-15-41(59-22-31)66-24-33-21-34(66)23-65(33)35-27-74-28-35/h7-9,11-12,14-17,19-20,22,33-35,39-40,42-43,61,67H,18,21,23-28H2,1-6H3,(H,60,68)(H,62,72)(H,63,69)(H,70,71)/t33-,34-,39?,40?,42?,43?/m1/s1. The predicted octanol–water partition coefficient (Wildman–Crippen LogP) is 4.80. The van der Waals surface area contributed by atoms with E-state index in [4.69, 9.17) is 9.72 Å². The number of alkyl carbamates (subject to hydrolysis) is 1. The molecule has 3 fully saturated rings. The molecule has 18 nitrogen and oxygen atoms in total. The number of piperazine rings is 1. The van der Waals surface area contributed by atoms with Crippen molar-refractivity contribution >= 4 is 29.8 Å². The molecule has 0 aliphatic carbocycles. The highest BCUT2D eigenvalue weighted by molar-refractivity contribution is 5.87. The van der Waals surface area contributed by atoms with Crippen molar-refractivity contribution in [2.24, 2.45) is 10.8 Å². The van der Waals surface area contributed by atoms with E-state index in [0.717, 1.165) is 62.8 Å². The van der Waals surface area contributed by atoms with E-state index in [0.29, 0.717) is 48.7 Å². The Labute approximate surface area is 424 Å². The number of nitrogens with zero attached hydrogens (tertiary/aromatic N) is 6. The lowest BCUT2D eigenvalue weighted by atomic mass is 9.82. The summed E-state index contributed by atoms with van der Waals surface area (Å²) in [6, 6.07) is 9.74. The molecule has 23 heteroatoms. The van der Waals surface area contributed by atoms with Crippen molar-refractivity contribution in [3.8, 4) is 23.2 Å². The quantitative estimate of drug-likeness (QED) is 0.0476. The van der Waals surface area contributed by atoms with Crippen LogP contribution in [0.4, 0.5) is 37.4 Å². The number of halogens is 5. The van der Waals surface area contributed by atoms with Gasteiger partial charge in [-0.1, -0.05) is 44.7 Å². The Bertz CT molecular complexity index is 2690. The zero-order chi connectivity index (χ0) is 53.7. The fraction of sp³-hybridized carbons (Fsp3) is 0.471. The Balaban J connectivity index is 1.15. The second kappa shape index (κ2) is 22.6. The number of carbonyl (C=O) groups excluding carboxylic acids is 3. The molecule has 4 amide bonds. The Morgan fingerprint density at radius 2 is 1.50 bits per heavy atom. The first kappa shape index (κ1) is 54.8. The van der Waals surface area contributed by atoms with Gasteiger partial charge in [-0.3, -0.25) is 19.9 Å². The second-order valence-electron chi connectivity index (χ2n) is 20.2. The number of hydrogen-bond donors (Lipinski definition) is 6. The molecule has 5 heterocycles. The van der Waals surface area contributed by atoms with Crippen LogP contribution in [0.15, 0.2) is 73.2 Å². The van der Waals surface area contributed by atoms with Crippen LogP contribution in [0.25, 0.3) is 11.4 Å². The number of carbonyl (C=O) groups is 4. The van der Waals surface area contributed by atoms with Gasteiger partial charge in [0, 0.05) is 79.1 Å². The topological polar surface area (TPSA) is 224 Å². The van der Waals surface area contributed by atoms with E-state index in [1.54, 1.807) is 51.2 Å². The van der Waals surface area contributed by atoms with Crippen LogP contribution < -0.4 is 26.3 Å². The number of hydrogen-bond acceptors (Lipinski definition) is 13. The maximum Gasteiger partial charge on any atom is 0.407 e. The van der Waals surface area contributed by atoms with Gasteiger partial charge in [0.1, 0.15) is 29.5 Å². The van der Waals surface area contributed by atoms with E-state index in [2.05, 4.69) is 52.4 Å². The second-order valence-corrected chi connectivity index (χ2v) is 20.2. The van der Waals surface area contributed by atoms with Crippen LogP contribution in [0.5, 0.6) is 0 Å². The number of alkyl halides is 3. The predicted molar refractivity (Wildman–Crippen MR) is 259 cm³/mol. The fourth-order valence-electron chi connectivity index (χ4n) is 9.10. The van der Waals surface area contributed by atoms with Crippen LogP contribution in [-0.4, -0.2) is 148 Å². The molecule has 2 aromatic heterocycles. The highest BCUT2D eigenvalue weighted by Crippen LogP contribution is 2.41. The number of methoxy groups -OCH3 is 1. The normalized spacial score (nSPS) is 18.6. The highest BCUT2D eigenvalue weighted by Gasteiger charge is 2.56. The number of hydrazine groups is 1. The van der Waals surface area contributed by atoms with E-state index in [1.807, 2.05) is 17.4 Å². The third kappa shape index (κ3) is 13.0. The largest absolute Gasteiger partial charge is 0.465 e. The molecule has 0 saturated carbocycles. The minimum atomic E-state index is -5.06. The monoisotopic (exact) mass is 1030 g/mol. The van der Waals surface area contributed by atoms with Crippen molar-refractivity contribution in [1.82, 2.24) is 46.2 Å². The molecule has 3 aliphatic rings. The number of anilines is 1. The number of aromatic nitrogens is 3. The number of benzene rings is 2. The smallest absolute Gasteiger partial charge is 0.407 e. The van der Waals surface area contributed by atoms with Crippen molar-refractivity contribution in [3.63, 3.8) is 0 Å². The SMILES string of the molecule is COC(=O)NC(C(=O)NC(Cc1ccc(C#Cc2ccc(N3C[C@H]4C[C@@H]3CN4C3COC3)nc2)cc1)C(O)CN(Cc1c(F)cc(-c2ncccn2)cc1F)NC(=O)C(NC(=O)O)C(C)(C)C)C(C)(C)C(F)(F)F. The average Bonchev–Trinajstić information content (AvgIpc) is 3.93. The van der Waals surface area contributed by atoms with Gasteiger partial charge < -0.3 is 40.5 Å². The number of aliphatic hydroxyl groups is 1. The summed E-state index contributed by atoms with van der Waals surface area (Å²) in [7, 11) is 0.892. The lowest BCUT2D eigenvalue weighted by Crippen LogP contribution is -2.63. The van der Waals surface area contributed by atoms with E-state index in [1.165, 1.54) is 18.5 Å². The zero-order valence-corrected chi connectivity index (χ0v) is 41.5. The van der Waals surface area contributed by atoms with E-state index in [9.17, 15) is 42.6 Å². The van der Waals surface area contributed by atoms with Gasteiger partial charge >= 0.3 is 18.4 Å². The third-order valence-electron chi connectivity index (χ3n) is 13.5. The summed E-state index contributed by atoms with van der Waals surface area (Å²) in [5.74, 6) is 2.40. The summed E-state index contributed by atoms with van der Waals surface area (Å²) in [5.41, 5.74) is -0.581. The molecule has 7 rings (SSSR count). The molecule has 3 saturated heterocycles. The molecule has 3 aliphatic heterocycles. The molecular formula is C51H59F5N10O8. The first-order valence-corrected chi connectivity index (χ1v) is 23.8. The number of rotatable bonds is 17. The van der Waals surface area contributed by atoms with Crippen molar-refractivity contribution in [2.45, 2.75) is 103 Å². The van der Waals surface area contributed by atoms with E-state index < -0.39 is 95.5 Å². The molecule has 396 valence electrons. The lowest BCUT2D eigenvalue weighted by Gasteiger charge is -2.42. The van der Waals surface area contributed by atoms with Gasteiger partial charge in [0.25, 0.3) is 5.91 Å². The van der Waals surface area contributed by atoms with Crippen molar-refractivity contribution in [1.29, 1.82) is 0 Å². The molecule has 4 aromatic rings. The first-order valence-electron chi connectivity index (χ1n) is 23.8. The van der Waals surface area contributed by atoms with Crippen LogP contribution in [0.2, 0.25) is 0 Å². The highest BCUT2D eigenvalue weighted by atomic mass is 19.4. The van der Waals surface area contributed by atoms with Crippen LogP contribution in [-0.2, 0) is 32.0 Å². The molecule has 4 unspecified atom stereocenters. The Kier molecular flexibility index (Phi) is 16.7. The van der Waals surface area contributed by atoms with Crippen molar-refractivity contribution < 1.29 is 60.8 Å². The number of pyridine rings is 1. The summed E-state index contributed by atoms with van der Waals surface area (Å²) in [5, 5.41) is 29.0. The van der Waals surface area contributed by atoms with Crippen LogP contribution >= 0.6 is 0 Å². The number of amides is 4. The summed E-state index contributed by atoms with van der Waals surface area (Å²) in [6.07, 6.45) is -4.65. The van der Waals surface area contributed by atoms with Gasteiger partial charge in [0.15, 0.2) is 5.82 Å². The van der Waals surface area contributed by atoms with Gasteiger partial charge in [-0.05, 0) is 80.1 Å². The number of fused-ring (bicyclic) bond motifs is 2. The maximum atomic E-state index is 15.9. The fourth-order valence-corrected chi connectivity index (χ4v) is 9.10. The summed E-state index contributed by atoms with van der Waals surface area (Å²) in [4.78, 5) is 69.7. The summed E-state index contributed by atoms with van der Waals surface area (Å²) in [6.45, 7) is 7.85. The van der Waals surface area contributed by atoms with Crippen molar-refractivity contribution in [3.05, 3.63) is 107 Å². The zero-order valence-electron chi connectivity index (χ0n) is 41.5. The third-order valence-corrected chi connectivity index (χ3v) is 13.5. The van der Waals surface area contributed by atoms with Gasteiger partial charge in [-0.2, -0.15) is 13.2 Å². The van der Waals surface area contributed by atoms with Gasteiger partial charge in [-0.15, -0.1) is 0 Å². The first-order chi connectivity index (χ1) is 34.9. The van der Waals surface area contributed by atoms with Gasteiger partial charge in [0.05, 0.1) is 43.9 Å².